The first-order chi connectivity index (χ1) is 14.5. The number of para-hydroxylation sites is 1. The lowest BCUT2D eigenvalue weighted by Crippen LogP contribution is -2.22. The van der Waals surface area contributed by atoms with E-state index in [-0.39, 0.29) is 5.56 Å². The Bertz CT molecular complexity index is 1460. The van der Waals surface area contributed by atoms with Gasteiger partial charge in [0, 0.05) is 7.05 Å². The largest absolute Gasteiger partial charge is 0.268 e. The molecule has 0 bridgehead atoms. The Morgan fingerprint density at radius 1 is 1.07 bits per heavy atom. The van der Waals surface area contributed by atoms with Gasteiger partial charge in [-0.05, 0) is 43.2 Å². The van der Waals surface area contributed by atoms with Crippen LogP contribution in [0.2, 0.25) is 0 Å². The Hall–Kier alpha value is -3.46. The molecule has 3 aromatic heterocycles. The molecule has 0 atom stereocenters. The predicted molar refractivity (Wildman–Crippen MR) is 116 cm³/mol. The molecule has 150 valence electrons. The Balaban J connectivity index is 1.78. The van der Waals surface area contributed by atoms with Gasteiger partial charge in [0.25, 0.3) is 5.56 Å². The van der Waals surface area contributed by atoms with Gasteiger partial charge < -0.3 is 0 Å². The Labute approximate surface area is 176 Å². The van der Waals surface area contributed by atoms with Crippen molar-refractivity contribution >= 4 is 28.4 Å². The number of aromatic nitrogens is 7. The van der Waals surface area contributed by atoms with Gasteiger partial charge in [-0.25, -0.2) is 9.55 Å². The summed E-state index contributed by atoms with van der Waals surface area (Å²) in [4.78, 5) is 17.7. The Morgan fingerprint density at radius 2 is 1.90 bits per heavy atom. The molecule has 0 spiro atoms. The molecule has 5 rings (SSSR count). The smallest absolute Gasteiger partial charge is 0.267 e. The molecular weight excluding hydrogens is 398 g/mol. The van der Waals surface area contributed by atoms with Crippen LogP contribution in [0.15, 0.2) is 58.7 Å². The van der Waals surface area contributed by atoms with Crippen LogP contribution in [0.5, 0.6) is 0 Å². The second kappa shape index (κ2) is 7.10. The monoisotopic (exact) mass is 417 g/mol. The molecule has 0 radical (unpaired) electrons. The lowest BCUT2D eigenvalue weighted by Gasteiger charge is -2.14. The van der Waals surface area contributed by atoms with Crippen LogP contribution >= 0.6 is 11.8 Å². The average molecular weight is 417 g/mol. The Morgan fingerprint density at radius 3 is 2.70 bits per heavy atom. The summed E-state index contributed by atoms with van der Waals surface area (Å²) in [5, 5.41) is 14.3. The van der Waals surface area contributed by atoms with E-state index in [0.717, 1.165) is 28.2 Å². The zero-order chi connectivity index (χ0) is 20.8. The van der Waals surface area contributed by atoms with Gasteiger partial charge in [0.1, 0.15) is 12.2 Å². The molecule has 3 heterocycles. The van der Waals surface area contributed by atoms with E-state index in [1.54, 1.807) is 9.25 Å². The first kappa shape index (κ1) is 18.6. The van der Waals surface area contributed by atoms with Crippen molar-refractivity contribution in [2.45, 2.75) is 24.8 Å². The van der Waals surface area contributed by atoms with Crippen molar-refractivity contribution in [1.29, 1.82) is 0 Å². The summed E-state index contributed by atoms with van der Waals surface area (Å²) in [6.45, 7) is 4.01. The zero-order valence-electron chi connectivity index (χ0n) is 16.8. The molecule has 0 aliphatic heterocycles. The molecule has 8 nitrogen and oxygen atoms in total. The molecule has 5 aromatic rings. The van der Waals surface area contributed by atoms with Crippen molar-refractivity contribution in [3.63, 3.8) is 0 Å². The third kappa shape index (κ3) is 2.89. The van der Waals surface area contributed by atoms with Gasteiger partial charge in [-0.15, -0.1) is 10.2 Å². The van der Waals surface area contributed by atoms with Crippen LogP contribution in [0.1, 0.15) is 17.0 Å². The van der Waals surface area contributed by atoms with Crippen molar-refractivity contribution in [2.24, 2.45) is 7.05 Å². The molecule has 0 N–H and O–H groups in total. The van der Waals surface area contributed by atoms with Gasteiger partial charge in [-0.1, -0.05) is 36.0 Å². The topological polar surface area (TPSA) is 82.9 Å². The summed E-state index contributed by atoms with van der Waals surface area (Å²) in [6.07, 6.45) is 1.53. The highest BCUT2D eigenvalue weighted by Gasteiger charge is 2.19. The van der Waals surface area contributed by atoms with Crippen LogP contribution in [0.25, 0.3) is 22.4 Å². The van der Waals surface area contributed by atoms with Crippen LogP contribution in [-0.4, -0.2) is 33.9 Å². The SMILES string of the molecule is Cc1ccc(C)c(-n2c(=O)c3ccccc3n3c(SCc4ncnn4C)nnc23)c1. The number of hydrogen-bond acceptors (Lipinski definition) is 6. The number of fused-ring (bicyclic) bond motifs is 3. The minimum Gasteiger partial charge on any atom is -0.268 e. The summed E-state index contributed by atoms with van der Waals surface area (Å²) >= 11 is 1.51. The van der Waals surface area contributed by atoms with E-state index in [0.29, 0.717) is 22.1 Å². The van der Waals surface area contributed by atoms with Gasteiger partial charge in [-0.2, -0.15) is 5.10 Å². The maximum Gasteiger partial charge on any atom is 0.267 e. The molecule has 0 aliphatic rings. The van der Waals surface area contributed by atoms with Gasteiger partial charge >= 0.3 is 0 Å². The Kier molecular flexibility index (Phi) is 4.39. The van der Waals surface area contributed by atoms with E-state index in [1.165, 1.54) is 18.1 Å². The number of thioether (sulfide) groups is 1. The minimum atomic E-state index is -0.107. The fourth-order valence-electron chi connectivity index (χ4n) is 3.53. The average Bonchev–Trinajstić information content (AvgIpc) is 3.35. The second-order valence-corrected chi connectivity index (χ2v) is 8.10. The number of aryl methyl sites for hydroxylation is 3. The van der Waals surface area contributed by atoms with E-state index >= 15 is 0 Å². The highest BCUT2D eigenvalue weighted by molar-refractivity contribution is 7.98. The number of nitrogens with zero attached hydrogens (tertiary/aromatic N) is 7. The normalized spacial score (nSPS) is 11.6. The molecule has 2 aromatic carbocycles. The third-order valence-corrected chi connectivity index (χ3v) is 6.06. The molecule has 0 fully saturated rings. The lowest BCUT2D eigenvalue weighted by molar-refractivity contribution is 0.729. The van der Waals surface area contributed by atoms with Crippen LogP contribution in [-0.2, 0) is 12.8 Å². The van der Waals surface area contributed by atoms with Gasteiger partial charge in [0.2, 0.25) is 5.78 Å². The molecule has 9 heteroatoms. The molecular formula is C21H19N7OS. The third-order valence-electron chi connectivity index (χ3n) is 5.14. The van der Waals surface area contributed by atoms with Crippen LogP contribution < -0.4 is 5.56 Å². The number of rotatable bonds is 4. The second-order valence-electron chi connectivity index (χ2n) is 7.15. The van der Waals surface area contributed by atoms with Gasteiger partial charge in [0.15, 0.2) is 5.16 Å². The number of hydrogen-bond donors (Lipinski definition) is 0. The standard InChI is InChI=1S/C21H19N7OS/c1-13-8-9-14(2)17(10-13)27-19(29)15-6-4-5-7-16(15)28-20(27)24-25-21(28)30-11-18-22-12-23-26(18)3/h4-10,12H,11H2,1-3H3. The van der Waals surface area contributed by atoms with E-state index < -0.39 is 0 Å². The molecule has 0 aliphatic carbocycles. The fourth-order valence-corrected chi connectivity index (χ4v) is 4.46. The summed E-state index contributed by atoms with van der Waals surface area (Å²) < 4.78 is 5.34. The zero-order valence-corrected chi connectivity index (χ0v) is 17.6. The first-order valence-corrected chi connectivity index (χ1v) is 10.5. The maximum absolute atomic E-state index is 13.5. The fraction of sp³-hybridized carbons (Fsp3) is 0.190. The quantitative estimate of drug-likeness (QED) is 0.418. The highest BCUT2D eigenvalue weighted by Crippen LogP contribution is 2.26. The molecule has 0 saturated carbocycles. The van der Waals surface area contributed by atoms with Gasteiger partial charge in [-0.3, -0.25) is 13.9 Å². The maximum atomic E-state index is 13.5. The van der Waals surface area contributed by atoms with Crippen molar-refractivity contribution < 1.29 is 0 Å². The predicted octanol–water partition coefficient (Wildman–Crippen LogP) is 3.07. The van der Waals surface area contributed by atoms with E-state index in [4.69, 9.17) is 0 Å². The van der Waals surface area contributed by atoms with Gasteiger partial charge in [0.05, 0.1) is 22.3 Å². The highest BCUT2D eigenvalue weighted by atomic mass is 32.2. The molecule has 0 unspecified atom stereocenters. The summed E-state index contributed by atoms with van der Waals surface area (Å²) in [5.74, 6) is 1.92. The van der Waals surface area contributed by atoms with Crippen molar-refractivity contribution in [3.05, 3.63) is 76.1 Å². The van der Waals surface area contributed by atoms with E-state index in [9.17, 15) is 4.79 Å². The molecule has 0 amide bonds. The lowest BCUT2D eigenvalue weighted by atomic mass is 10.1. The van der Waals surface area contributed by atoms with E-state index in [2.05, 4.69) is 20.3 Å². The minimum absolute atomic E-state index is 0.107. The van der Waals surface area contributed by atoms with Crippen molar-refractivity contribution in [2.75, 3.05) is 0 Å². The van der Waals surface area contributed by atoms with Crippen molar-refractivity contribution in [1.82, 2.24) is 33.9 Å². The summed E-state index contributed by atoms with van der Waals surface area (Å²) in [5.41, 5.74) is 3.56. The van der Waals surface area contributed by atoms with Crippen molar-refractivity contribution in [3.8, 4) is 5.69 Å². The summed E-state index contributed by atoms with van der Waals surface area (Å²) in [7, 11) is 1.86. The summed E-state index contributed by atoms with van der Waals surface area (Å²) in [6, 6.07) is 13.6. The van der Waals surface area contributed by atoms with Crippen LogP contribution in [0, 0.1) is 13.8 Å². The van der Waals surface area contributed by atoms with E-state index in [1.807, 2.05) is 67.8 Å². The van der Waals surface area contributed by atoms with Crippen LogP contribution in [0.3, 0.4) is 0 Å². The first-order valence-electron chi connectivity index (χ1n) is 9.47. The molecule has 30 heavy (non-hydrogen) atoms. The number of benzene rings is 2. The molecule has 0 saturated heterocycles. The van der Waals surface area contributed by atoms with Crippen LogP contribution in [0.4, 0.5) is 0 Å².